The van der Waals surface area contributed by atoms with Gasteiger partial charge in [0, 0.05) is 16.5 Å². The van der Waals surface area contributed by atoms with E-state index in [9.17, 15) is 8.78 Å². The fourth-order valence-corrected chi connectivity index (χ4v) is 3.37. The molecule has 0 amide bonds. The van der Waals surface area contributed by atoms with Crippen molar-refractivity contribution in [2.24, 2.45) is 0 Å². The number of hydrogen-bond acceptors (Lipinski definition) is 1. The van der Waals surface area contributed by atoms with E-state index in [0.717, 1.165) is 27.7 Å². The largest absolute Gasteiger partial charge is 0.435 e. The molecule has 2 nitrogen and oxygen atoms in total. The van der Waals surface area contributed by atoms with Crippen LogP contribution in [-0.4, -0.2) is 11.6 Å². The maximum Gasteiger partial charge on any atom is 0.387 e. The molecule has 3 rings (SSSR count). The van der Waals surface area contributed by atoms with Crippen LogP contribution in [-0.2, 0) is 0 Å². The average Bonchev–Trinajstić information content (AvgIpc) is 2.85. The molecule has 1 heterocycles. The molecule has 0 bridgehead atoms. The number of H-pyrrole nitrogens is 1. The molecule has 0 saturated heterocycles. The molecule has 0 radical (unpaired) electrons. The standard InChI is InChI=1S/C20H20ClF2NO/c1-10(2)13-7-11(3)18-16(8-13)12(4)19(24-18)15-6-5-14(9-17(15)21)25-20(22)23/h5-10,20,24H,1-4H3. The highest BCUT2D eigenvalue weighted by Crippen LogP contribution is 2.37. The van der Waals surface area contributed by atoms with E-state index in [1.54, 1.807) is 6.07 Å². The van der Waals surface area contributed by atoms with E-state index in [4.69, 9.17) is 11.6 Å². The quantitative estimate of drug-likeness (QED) is 0.539. The third-order valence-corrected chi connectivity index (χ3v) is 4.80. The van der Waals surface area contributed by atoms with Crippen LogP contribution in [0.2, 0.25) is 5.02 Å². The molecule has 0 saturated carbocycles. The Hall–Kier alpha value is -2.07. The molecule has 25 heavy (non-hydrogen) atoms. The van der Waals surface area contributed by atoms with Gasteiger partial charge in [-0.2, -0.15) is 8.78 Å². The lowest BCUT2D eigenvalue weighted by atomic mass is 9.97. The summed E-state index contributed by atoms with van der Waals surface area (Å²) in [6.45, 7) is 5.59. The maximum atomic E-state index is 12.4. The van der Waals surface area contributed by atoms with Crippen molar-refractivity contribution in [3.8, 4) is 17.0 Å². The van der Waals surface area contributed by atoms with Gasteiger partial charge in [0.2, 0.25) is 0 Å². The summed E-state index contributed by atoms with van der Waals surface area (Å²) in [6, 6.07) is 9.01. The fraction of sp³-hybridized carbons (Fsp3) is 0.300. The second-order valence-electron chi connectivity index (χ2n) is 6.56. The molecule has 1 aromatic heterocycles. The van der Waals surface area contributed by atoms with Crippen molar-refractivity contribution in [3.63, 3.8) is 0 Å². The van der Waals surface area contributed by atoms with E-state index in [2.05, 4.69) is 42.6 Å². The van der Waals surface area contributed by atoms with Crippen molar-refractivity contribution in [2.75, 3.05) is 0 Å². The SMILES string of the molecule is Cc1c(-c2ccc(OC(F)F)cc2Cl)[nH]c2c(C)cc(C(C)C)cc12. The Morgan fingerprint density at radius 2 is 1.80 bits per heavy atom. The van der Waals surface area contributed by atoms with Gasteiger partial charge in [0.15, 0.2) is 0 Å². The highest BCUT2D eigenvalue weighted by atomic mass is 35.5. The highest BCUT2D eigenvalue weighted by Gasteiger charge is 2.16. The zero-order chi connectivity index (χ0) is 18.3. The Morgan fingerprint density at radius 1 is 1.08 bits per heavy atom. The van der Waals surface area contributed by atoms with Crippen molar-refractivity contribution < 1.29 is 13.5 Å². The summed E-state index contributed by atoms with van der Waals surface area (Å²) in [4.78, 5) is 3.44. The predicted octanol–water partition coefficient (Wildman–Crippen LogP) is 6.83. The molecular formula is C20H20ClF2NO. The third-order valence-electron chi connectivity index (χ3n) is 4.49. The van der Waals surface area contributed by atoms with E-state index < -0.39 is 6.61 Å². The van der Waals surface area contributed by atoms with Crippen molar-refractivity contribution in [1.82, 2.24) is 4.98 Å². The van der Waals surface area contributed by atoms with Crippen LogP contribution >= 0.6 is 11.6 Å². The van der Waals surface area contributed by atoms with Gasteiger partial charge in [0.25, 0.3) is 0 Å². The molecule has 0 aliphatic carbocycles. The molecule has 0 unspecified atom stereocenters. The Bertz CT molecular complexity index is 931. The summed E-state index contributed by atoms with van der Waals surface area (Å²) in [5, 5.41) is 1.53. The number of fused-ring (bicyclic) bond motifs is 1. The molecule has 0 aliphatic heterocycles. The minimum absolute atomic E-state index is 0.0517. The summed E-state index contributed by atoms with van der Waals surface area (Å²) in [6.07, 6.45) is 0. The predicted molar refractivity (Wildman–Crippen MR) is 98.9 cm³/mol. The minimum Gasteiger partial charge on any atom is -0.435 e. The van der Waals surface area contributed by atoms with Crippen molar-refractivity contribution in [1.29, 1.82) is 0 Å². The first-order valence-electron chi connectivity index (χ1n) is 8.15. The molecule has 0 aliphatic rings. The number of halogens is 3. The summed E-state index contributed by atoms with van der Waals surface area (Å²) in [5.41, 5.74) is 6.27. The number of nitrogens with one attached hydrogen (secondary N) is 1. The average molecular weight is 364 g/mol. The van der Waals surface area contributed by atoms with Crippen LogP contribution in [0.15, 0.2) is 30.3 Å². The Balaban J connectivity index is 2.13. The van der Waals surface area contributed by atoms with Crippen LogP contribution in [0.3, 0.4) is 0 Å². The Morgan fingerprint density at radius 3 is 2.40 bits per heavy atom. The van der Waals surface area contributed by atoms with E-state index in [1.807, 2.05) is 6.92 Å². The number of hydrogen-bond donors (Lipinski definition) is 1. The molecule has 2 aromatic carbocycles. The monoisotopic (exact) mass is 363 g/mol. The van der Waals surface area contributed by atoms with Gasteiger partial charge in [-0.15, -0.1) is 0 Å². The number of aryl methyl sites for hydroxylation is 2. The molecular weight excluding hydrogens is 344 g/mol. The van der Waals surface area contributed by atoms with Gasteiger partial charge in [-0.1, -0.05) is 31.5 Å². The number of rotatable bonds is 4. The van der Waals surface area contributed by atoms with E-state index in [-0.39, 0.29) is 5.75 Å². The fourth-order valence-electron chi connectivity index (χ4n) is 3.11. The zero-order valence-corrected chi connectivity index (χ0v) is 15.3. The third kappa shape index (κ3) is 3.36. The Kier molecular flexibility index (Phi) is 4.74. The first-order chi connectivity index (χ1) is 11.8. The molecule has 0 spiro atoms. The lowest BCUT2D eigenvalue weighted by Gasteiger charge is -2.08. The van der Waals surface area contributed by atoms with Crippen LogP contribution in [0.1, 0.15) is 36.5 Å². The van der Waals surface area contributed by atoms with Gasteiger partial charge in [0.05, 0.1) is 10.7 Å². The summed E-state index contributed by atoms with van der Waals surface area (Å²) in [7, 11) is 0. The van der Waals surface area contributed by atoms with Gasteiger partial charge in [-0.05, 0) is 60.7 Å². The number of benzene rings is 2. The first-order valence-corrected chi connectivity index (χ1v) is 8.53. The van der Waals surface area contributed by atoms with E-state index >= 15 is 0 Å². The van der Waals surface area contributed by atoms with Crippen molar-refractivity contribution >= 4 is 22.5 Å². The van der Waals surface area contributed by atoms with Crippen LogP contribution < -0.4 is 4.74 Å². The van der Waals surface area contributed by atoms with Crippen molar-refractivity contribution in [2.45, 2.75) is 40.2 Å². The van der Waals surface area contributed by atoms with Crippen LogP contribution in [0.25, 0.3) is 22.2 Å². The summed E-state index contributed by atoms with van der Waals surface area (Å²) in [5.74, 6) is 0.492. The van der Waals surface area contributed by atoms with Crippen LogP contribution in [0.5, 0.6) is 5.75 Å². The van der Waals surface area contributed by atoms with Gasteiger partial charge in [-0.25, -0.2) is 0 Å². The zero-order valence-electron chi connectivity index (χ0n) is 14.6. The molecule has 1 N–H and O–H groups in total. The lowest BCUT2D eigenvalue weighted by molar-refractivity contribution is -0.0498. The normalized spacial score (nSPS) is 11.7. The van der Waals surface area contributed by atoms with E-state index in [1.165, 1.54) is 23.3 Å². The van der Waals surface area contributed by atoms with Crippen LogP contribution in [0.4, 0.5) is 8.78 Å². The Labute approximate surface area is 150 Å². The highest BCUT2D eigenvalue weighted by molar-refractivity contribution is 6.33. The van der Waals surface area contributed by atoms with Gasteiger partial charge in [0.1, 0.15) is 5.75 Å². The number of alkyl halides is 2. The maximum absolute atomic E-state index is 12.4. The summed E-state index contributed by atoms with van der Waals surface area (Å²) >= 11 is 6.32. The number of ether oxygens (including phenoxy) is 1. The number of aromatic amines is 1. The van der Waals surface area contributed by atoms with Crippen LogP contribution in [0, 0.1) is 13.8 Å². The first kappa shape index (κ1) is 17.7. The second kappa shape index (κ2) is 6.68. The summed E-state index contributed by atoms with van der Waals surface area (Å²) < 4.78 is 29.1. The topological polar surface area (TPSA) is 25.0 Å². The van der Waals surface area contributed by atoms with Gasteiger partial charge < -0.3 is 9.72 Å². The van der Waals surface area contributed by atoms with E-state index in [0.29, 0.717) is 10.9 Å². The number of aromatic nitrogens is 1. The smallest absolute Gasteiger partial charge is 0.387 e. The minimum atomic E-state index is -2.87. The lowest BCUT2D eigenvalue weighted by Crippen LogP contribution is -2.01. The molecule has 5 heteroatoms. The molecule has 3 aromatic rings. The molecule has 0 fully saturated rings. The van der Waals surface area contributed by atoms with Crippen molar-refractivity contribution in [3.05, 3.63) is 52.0 Å². The molecule has 0 atom stereocenters. The van der Waals surface area contributed by atoms with Gasteiger partial charge in [-0.3, -0.25) is 0 Å². The molecule has 132 valence electrons. The van der Waals surface area contributed by atoms with Gasteiger partial charge >= 0.3 is 6.61 Å². The second-order valence-corrected chi connectivity index (χ2v) is 6.97.